The molecule has 0 unspecified atom stereocenters. The van der Waals surface area contributed by atoms with Gasteiger partial charge in [-0.1, -0.05) is 5.21 Å². The van der Waals surface area contributed by atoms with Gasteiger partial charge in [0.05, 0.1) is 18.5 Å². The van der Waals surface area contributed by atoms with Crippen LogP contribution in [0.4, 0.5) is 0 Å². The van der Waals surface area contributed by atoms with Gasteiger partial charge in [-0.3, -0.25) is 4.79 Å². The van der Waals surface area contributed by atoms with E-state index in [1.165, 1.54) is 7.11 Å². The van der Waals surface area contributed by atoms with Gasteiger partial charge in [0, 0.05) is 19.5 Å². The lowest BCUT2D eigenvalue weighted by molar-refractivity contribution is -0.141. The van der Waals surface area contributed by atoms with Gasteiger partial charge in [-0.15, -0.1) is 17.5 Å². The lowest BCUT2D eigenvalue weighted by atomic mass is 10.2. The van der Waals surface area contributed by atoms with Crippen molar-refractivity contribution in [3.05, 3.63) is 11.4 Å². The molecular weight excluding hydrogens is 220 g/mol. The van der Waals surface area contributed by atoms with E-state index in [2.05, 4.69) is 20.4 Å². The second-order valence-electron chi connectivity index (χ2n) is 3.14. The zero-order valence-corrected chi connectivity index (χ0v) is 9.21. The van der Waals surface area contributed by atoms with Crippen molar-refractivity contribution >= 4 is 18.4 Å². The molecule has 0 fully saturated rings. The monoisotopic (exact) mass is 232 g/mol. The van der Waals surface area contributed by atoms with Gasteiger partial charge in [0.15, 0.2) is 0 Å². The topological polar surface area (TPSA) is 69.0 Å². The Morgan fingerprint density at radius 1 is 1.67 bits per heavy atom. The summed E-state index contributed by atoms with van der Waals surface area (Å²) in [6.07, 6.45) is 0.860. The summed E-state index contributed by atoms with van der Waals surface area (Å²) in [5, 5.41) is 11.1. The summed E-state index contributed by atoms with van der Waals surface area (Å²) < 4.78 is 6.18. The van der Waals surface area contributed by atoms with Crippen molar-refractivity contribution < 1.29 is 9.53 Å². The highest BCUT2D eigenvalue weighted by atomic mass is 35.5. The molecule has 0 aliphatic carbocycles. The molecule has 6 nitrogen and oxygen atoms in total. The van der Waals surface area contributed by atoms with Crippen LogP contribution in [0.15, 0.2) is 0 Å². The Morgan fingerprint density at radius 3 is 3.20 bits per heavy atom. The number of ether oxygens (including phenoxy) is 1. The molecule has 0 amide bonds. The first-order chi connectivity index (χ1) is 6.81. The first-order valence-electron chi connectivity index (χ1n) is 4.50. The van der Waals surface area contributed by atoms with Crippen LogP contribution in [0.25, 0.3) is 0 Å². The molecule has 0 radical (unpaired) electrons. The normalized spacial score (nSPS) is 13.9. The molecule has 1 N–H and O–H groups in total. The number of fused-ring (bicyclic) bond motifs is 1. The van der Waals surface area contributed by atoms with Gasteiger partial charge in [-0.2, -0.15) is 0 Å². The van der Waals surface area contributed by atoms with Gasteiger partial charge in [-0.25, -0.2) is 4.68 Å². The summed E-state index contributed by atoms with van der Waals surface area (Å²) in [5.74, 6) is -0.295. The highest BCUT2D eigenvalue weighted by Crippen LogP contribution is 2.09. The highest BCUT2D eigenvalue weighted by Gasteiger charge is 2.17. The maximum atomic E-state index is 11.0. The zero-order valence-electron chi connectivity index (χ0n) is 8.39. The van der Waals surface area contributed by atoms with Crippen LogP contribution in [-0.2, 0) is 29.0 Å². The van der Waals surface area contributed by atoms with E-state index < -0.39 is 0 Å². The summed E-state index contributed by atoms with van der Waals surface area (Å²) in [7, 11) is 1.37. The number of aromatic nitrogens is 3. The Bertz CT molecular complexity index is 352. The van der Waals surface area contributed by atoms with Crippen molar-refractivity contribution in [3.8, 4) is 0 Å². The molecule has 1 aliphatic rings. The molecule has 2 heterocycles. The van der Waals surface area contributed by atoms with E-state index in [9.17, 15) is 4.79 Å². The van der Waals surface area contributed by atoms with E-state index in [1.807, 2.05) is 0 Å². The Balaban J connectivity index is 0.00000112. The first-order valence-corrected chi connectivity index (χ1v) is 4.50. The summed E-state index contributed by atoms with van der Waals surface area (Å²) in [6.45, 7) is 1.79. The summed E-state index contributed by atoms with van der Waals surface area (Å²) in [4.78, 5) is 11.0. The number of nitrogens with one attached hydrogen (secondary N) is 1. The number of esters is 1. The molecule has 0 bridgehead atoms. The first kappa shape index (κ1) is 11.9. The second-order valence-corrected chi connectivity index (χ2v) is 3.14. The van der Waals surface area contributed by atoms with E-state index in [-0.39, 0.29) is 24.9 Å². The fraction of sp³-hybridized carbons (Fsp3) is 0.625. The number of halogens is 1. The molecule has 7 heteroatoms. The summed E-state index contributed by atoms with van der Waals surface area (Å²) >= 11 is 0. The van der Waals surface area contributed by atoms with Crippen molar-refractivity contribution in [2.45, 2.75) is 19.5 Å². The third kappa shape index (κ3) is 2.45. The van der Waals surface area contributed by atoms with E-state index >= 15 is 0 Å². The van der Waals surface area contributed by atoms with Crippen LogP contribution in [0, 0.1) is 0 Å². The number of nitrogens with zero attached hydrogens (tertiary/aromatic N) is 3. The predicted molar refractivity (Wildman–Crippen MR) is 54.7 cm³/mol. The average Bonchev–Trinajstić information content (AvgIpc) is 2.62. The maximum absolute atomic E-state index is 11.0. The number of carbonyl (C=O) groups excluding carboxylic acids is 1. The number of rotatable bonds is 2. The molecule has 1 aromatic rings. The van der Waals surface area contributed by atoms with Gasteiger partial charge in [0.25, 0.3) is 0 Å². The summed E-state index contributed by atoms with van der Waals surface area (Å²) in [5.41, 5.74) is 1.97. The van der Waals surface area contributed by atoms with Crippen LogP contribution in [0.2, 0.25) is 0 Å². The minimum Gasteiger partial charge on any atom is -0.468 e. The number of hydrogen-bond donors (Lipinski definition) is 1. The molecule has 1 aliphatic heterocycles. The highest BCUT2D eigenvalue weighted by molar-refractivity contribution is 5.85. The Kier molecular flexibility index (Phi) is 4.05. The van der Waals surface area contributed by atoms with Gasteiger partial charge in [0.2, 0.25) is 0 Å². The molecule has 1 aromatic heterocycles. The largest absolute Gasteiger partial charge is 0.468 e. The lowest BCUT2D eigenvalue weighted by Crippen LogP contribution is -2.26. The number of carbonyl (C=O) groups is 1. The molecule has 0 saturated carbocycles. The third-order valence-corrected chi connectivity index (χ3v) is 2.26. The van der Waals surface area contributed by atoms with Crippen molar-refractivity contribution in [2.75, 3.05) is 13.7 Å². The van der Waals surface area contributed by atoms with Gasteiger partial charge in [0.1, 0.15) is 6.54 Å². The minimum atomic E-state index is -0.295. The smallest absolute Gasteiger partial charge is 0.327 e. The molecule has 0 aromatic carbocycles. The molecule has 2 rings (SSSR count). The Labute approximate surface area is 93.4 Å². The maximum Gasteiger partial charge on any atom is 0.327 e. The molecule has 0 spiro atoms. The standard InChI is InChI=1S/C8H12N4O2.ClH/c1-14-8(13)5-12-7-2-3-9-4-6(7)10-11-12;/h9H,2-5H2,1H3;1H. The van der Waals surface area contributed by atoms with Crippen LogP contribution in [0.1, 0.15) is 11.4 Å². The molecule has 15 heavy (non-hydrogen) atoms. The lowest BCUT2D eigenvalue weighted by Gasteiger charge is -2.12. The van der Waals surface area contributed by atoms with E-state index in [4.69, 9.17) is 0 Å². The van der Waals surface area contributed by atoms with Crippen LogP contribution in [-0.4, -0.2) is 34.6 Å². The third-order valence-electron chi connectivity index (χ3n) is 2.26. The van der Waals surface area contributed by atoms with E-state index in [0.29, 0.717) is 0 Å². The fourth-order valence-corrected chi connectivity index (χ4v) is 1.51. The van der Waals surface area contributed by atoms with Crippen LogP contribution in [0.5, 0.6) is 0 Å². The molecule has 84 valence electrons. The zero-order chi connectivity index (χ0) is 9.97. The van der Waals surface area contributed by atoms with Crippen LogP contribution < -0.4 is 5.32 Å². The second kappa shape index (κ2) is 5.09. The van der Waals surface area contributed by atoms with Crippen LogP contribution in [0.3, 0.4) is 0 Å². The van der Waals surface area contributed by atoms with E-state index in [1.54, 1.807) is 4.68 Å². The van der Waals surface area contributed by atoms with Gasteiger partial charge < -0.3 is 10.1 Å². The molecule has 0 atom stereocenters. The SMILES string of the molecule is COC(=O)Cn1nnc2c1CCNC2.Cl. The average molecular weight is 233 g/mol. The van der Waals surface area contributed by atoms with Crippen molar-refractivity contribution in [3.63, 3.8) is 0 Å². The fourth-order valence-electron chi connectivity index (χ4n) is 1.51. The predicted octanol–water partition coefficient (Wildman–Crippen LogP) is -0.481. The van der Waals surface area contributed by atoms with Gasteiger partial charge >= 0.3 is 5.97 Å². The number of methoxy groups -OCH3 is 1. The Hall–Kier alpha value is -1.14. The summed E-state index contributed by atoms with van der Waals surface area (Å²) in [6, 6.07) is 0. The quantitative estimate of drug-likeness (QED) is 0.698. The van der Waals surface area contributed by atoms with Gasteiger partial charge in [-0.05, 0) is 0 Å². The van der Waals surface area contributed by atoms with Crippen LogP contribution >= 0.6 is 12.4 Å². The molecule has 0 saturated heterocycles. The number of hydrogen-bond acceptors (Lipinski definition) is 5. The van der Waals surface area contributed by atoms with Crippen molar-refractivity contribution in [2.24, 2.45) is 0 Å². The molecular formula is C8H13ClN4O2. The van der Waals surface area contributed by atoms with Crippen molar-refractivity contribution in [1.29, 1.82) is 0 Å². The van der Waals surface area contributed by atoms with Crippen molar-refractivity contribution in [1.82, 2.24) is 20.3 Å². The minimum absolute atomic E-state index is 0. The Morgan fingerprint density at radius 2 is 2.47 bits per heavy atom. The van der Waals surface area contributed by atoms with E-state index in [0.717, 1.165) is 30.9 Å².